The fourth-order valence-corrected chi connectivity index (χ4v) is 4.55. The van der Waals surface area contributed by atoms with Crippen molar-refractivity contribution in [3.63, 3.8) is 0 Å². The van der Waals surface area contributed by atoms with E-state index in [4.69, 9.17) is 9.47 Å². The third-order valence-electron chi connectivity index (χ3n) is 6.24. The van der Waals surface area contributed by atoms with E-state index in [9.17, 15) is 14.4 Å². The normalized spacial score (nSPS) is 19.5. The Morgan fingerprint density at radius 3 is 2.62 bits per heavy atom. The Morgan fingerprint density at radius 2 is 1.88 bits per heavy atom. The van der Waals surface area contributed by atoms with Gasteiger partial charge < -0.3 is 19.7 Å². The predicted octanol–water partition coefficient (Wildman–Crippen LogP) is 2.45. The van der Waals surface area contributed by atoms with Crippen LogP contribution in [0.2, 0.25) is 0 Å². The van der Waals surface area contributed by atoms with Gasteiger partial charge in [0.25, 0.3) is 5.91 Å². The SMILES string of the molecule is COc1ccc(CN(C)C(=O)CN2C(=O)N[C@@]3(CCCc4ccccc43)C2=O)cc1OC. The molecule has 8 nitrogen and oxygen atoms in total. The quantitative estimate of drug-likeness (QED) is 0.702. The Labute approximate surface area is 187 Å². The van der Waals surface area contributed by atoms with Crippen molar-refractivity contribution in [3.05, 3.63) is 59.2 Å². The second-order valence-electron chi connectivity index (χ2n) is 8.18. The van der Waals surface area contributed by atoms with Crippen molar-refractivity contribution in [2.45, 2.75) is 31.3 Å². The summed E-state index contributed by atoms with van der Waals surface area (Å²) >= 11 is 0. The molecule has 4 rings (SSSR count). The fraction of sp³-hybridized carbons (Fsp3) is 0.375. The number of nitrogens with zero attached hydrogens (tertiary/aromatic N) is 2. The number of carbonyl (C=O) groups is 3. The summed E-state index contributed by atoms with van der Waals surface area (Å²) in [6.07, 6.45) is 2.19. The van der Waals surface area contributed by atoms with Crippen LogP contribution in [-0.4, -0.2) is 55.5 Å². The Balaban J connectivity index is 1.48. The summed E-state index contributed by atoms with van der Waals surface area (Å²) in [5.41, 5.74) is 1.66. The van der Waals surface area contributed by atoms with E-state index in [1.165, 1.54) is 4.90 Å². The van der Waals surface area contributed by atoms with Crippen LogP contribution in [0.15, 0.2) is 42.5 Å². The first kappa shape index (κ1) is 21.7. The van der Waals surface area contributed by atoms with Gasteiger partial charge in [0.15, 0.2) is 11.5 Å². The molecule has 1 aliphatic carbocycles. The molecule has 0 bridgehead atoms. The first-order chi connectivity index (χ1) is 15.4. The summed E-state index contributed by atoms with van der Waals surface area (Å²) < 4.78 is 10.6. The van der Waals surface area contributed by atoms with E-state index in [-0.39, 0.29) is 18.4 Å². The Kier molecular flexibility index (Phi) is 5.78. The highest BCUT2D eigenvalue weighted by atomic mass is 16.5. The summed E-state index contributed by atoms with van der Waals surface area (Å²) in [6, 6.07) is 12.6. The van der Waals surface area contributed by atoms with Gasteiger partial charge in [0.1, 0.15) is 12.1 Å². The zero-order valence-corrected chi connectivity index (χ0v) is 18.5. The monoisotopic (exact) mass is 437 g/mol. The third kappa shape index (κ3) is 3.66. The largest absolute Gasteiger partial charge is 0.493 e. The second kappa shape index (κ2) is 8.53. The molecule has 1 fully saturated rings. The number of ether oxygens (including phenoxy) is 2. The van der Waals surface area contributed by atoms with Gasteiger partial charge in [-0.15, -0.1) is 0 Å². The summed E-state index contributed by atoms with van der Waals surface area (Å²) in [6.45, 7) is -0.00478. The molecular weight excluding hydrogens is 410 g/mol. The lowest BCUT2D eigenvalue weighted by Crippen LogP contribution is -2.47. The van der Waals surface area contributed by atoms with Crippen molar-refractivity contribution in [1.82, 2.24) is 15.1 Å². The number of hydrogen-bond donors (Lipinski definition) is 1. The van der Waals surface area contributed by atoms with Gasteiger partial charge in [0.05, 0.1) is 14.2 Å². The van der Waals surface area contributed by atoms with E-state index < -0.39 is 11.6 Å². The minimum atomic E-state index is -1.08. The van der Waals surface area contributed by atoms with E-state index in [0.29, 0.717) is 24.5 Å². The van der Waals surface area contributed by atoms with Crippen molar-refractivity contribution < 1.29 is 23.9 Å². The van der Waals surface area contributed by atoms with Crippen LogP contribution in [0.4, 0.5) is 4.79 Å². The summed E-state index contributed by atoms with van der Waals surface area (Å²) in [5.74, 6) is 0.479. The zero-order chi connectivity index (χ0) is 22.9. The summed E-state index contributed by atoms with van der Waals surface area (Å²) in [5, 5.41) is 2.88. The Morgan fingerprint density at radius 1 is 1.12 bits per heavy atom. The van der Waals surface area contributed by atoms with Crippen LogP contribution < -0.4 is 14.8 Å². The predicted molar refractivity (Wildman–Crippen MR) is 117 cm³/mol. The highest BCUT2D eigenvalue weighted by Crippen LogP contribution is 2.39. The number of nitrogens with one attached hydrogen (secondary N) is 1. The molecule has 0 unspecified atom stereocenters. The van der Waals surface area contributed by atoms with E-state index >= 15 is 0 Å². The third-order valence-corrected chi connectivity index (χ3v) is 6.24. The summed E-state index contributed by atoms with van der Waals surface area (Å²) in [4.78, 5) is 41.5. The molecule has 2 aromatic carbocycles. The first-order valence-electron chi connectivity index (χ1n) is 10.6. The zero-order valence-electron chi connectivity index (χ0n) is 18.5. The molecule has 1 saturated heterocycles. The van der Waals surface area contributed by atoms with Crippen LogP contribution >= 0.6 is 0 Å². The number of benzene rings is 2. The van der Waals surface area contributed by atoms with Crippen LogP contribution in [0.25, 0.3) is 0 Å². The second-order valence-corrected chi connectivity index (χ2v) is 8.18. The number of aryl methyl sites for hydroxylation is 1. The van der Waals surface area contributed by atoms with Gasteiger partial charge in [0.2, 0.25) is 5.91 Å². The minimum Gasteiger partial charge on any atom is -0.493 e. The molecule has 4 amide bonds. The van der Waals surface area contributed by atoms with Crippen LogP contribution in [0.3, 0.4) is 0 Å². The number of imide groups is 1. The highest BCUT2D eigenvalue weighted by Gasteiger charge is 2.54. The van der Waals surface area contributed by atoms with Crippen molar-refractivity contribution in [2.24, 2.45) is 0 Å². The number of hydrogen-bond acceptors (Lipinski definition) is 5. The molecule has 2 aromatic rings. The van der Waals surface area contributed by atoms with Gasteiger partial charge >= 0.3 is 6.03 Å². The maximum Gasteiger partial charge on any atom is 0.325 e. The molecule has 1 spiro atoms. The molecule has 1 aliphatic heterocycles. The smallest absolute Gasteiger partial charge is 0.325 e. The fourth-order valence-electron chi connectivity index (χ4n) is 4.55. The lowest BCUT2D eigenvalue weighted by atomic mass is 9.76. The standard InChI is InChI=1S/C24H27N3O5/c1-26(14-16-10-11-19(31-2)20(13-16)32-3)21(28)15-27-22(29)24(25-23(27)30)12-6-8-17-7-4-5-9-18(17)24/h4-5,7,9-11,13H,6,8,12,14-15H2,1-3H3,(H,25,30)/t24-/m1/s1. The van der Waals surface area contributed by atoms with E-state index in [1.54, 1.807) is 33.4 Å². The maximum absolute atomic E-state index is 13.4. The number of fused-ring (bicyclic) bond motifs is 2. The molecule has 168 valence electrons. The molecule has 0 saturated carbocycles. The first-order valence-corrected chi connectivity index (χ1v) is 10.6. The average Bonchev–Trinajstić information content (AvgIpc) is 3.03. The van der Waals surface area contributed by atoms with Crippen molar-refractivity contribution >= 4 is 17.8 Å². The molecule has 0 radical (unpaired) electrons. The van der Waals surface area contributed by atoms with Gasteiger partial charge in [0, 0.05) is 13.6 Å². The number of rotatable bonds is 6. The van der Waals surface area contributed by atoms with Crippen LogP contribution in [0.1, 0.15) is 29.5 Å². The van der Waals surface area contributed by atoms with Gasteiger partial charge in [-0.3, -0.25) is 14.5 Å². The molecule has 8 heteroatoms. The number of carbonyl (C=O) groups excluding carboxylic acids is 3. The maximum atomic E-state index is 13.4. The molecule has 32 heavy (non-hydrogen) atoms. The van der Waals surface area contributed by atoms with Gasteiger partial charge in [-0.05, 0) is 48.1 Å². The Bertz CT molecular complexity index is 1070. The molecule has 1 heterocycles. The van der Waals surface area contributed by atoms with E-state index in [2.05, 4.69) is 5.32 Å². The molecule has 2 aliphatic rings. The van der Waals surface area contributed by atoms with Gasteiger partial charge in [-0.1, -0.05) is 30.3 Å². The highest BCUT2D eigenvalue weighted by molar-refractivity contribution is 6.09. The number of urea groups is 1. The van der Waals surface area contributed by atoms with Crippen molar-refractivity contribution in [1.29, 1.82) is 0 Å². The van der Waals surface area contributed by atoms with E-state index in [1.807, 2.05) is 30.3 Å². The molecule has 1 atom stereocenters. The Hall–Kier alpha value is -3.55. The van der Waals surface area contributed by atoms with E-state index in [0.717, 1.165) is 34.4 Å². The minimum absolute atomic E-state index is 0.302. The molecular formula is C24H27N3O5. The van der Waals surface area contributed by atoms with Crippen molar-refractivity contribution in [2.75, 3.05) is 27.8 Å². The molecule has 1 N–H and O–H groups in total. The lowest BCUT2D eigenvalue weighted by molar-refractivity contribution is -0.139. The van der Waals surface area contributed by atoms with Gasteiger partial charge in [-0.25, -0.2) is 4.79 Å². The molecule has 0 aromatic heterocycles. The van der Waals surface area contributed by atoms with Gasteiger partial charge in [-0.2, -0.15) is 0 Å². The average molecular weight is 437 g/mol. The van der Waals surface area contributed by atoms with Crippen molar-refractivity contribution in [3.8, 4) is 11.5 Å². The van der Waals surface area contributed by atoms with Crippen LogP contribution in [0, 0.1) is 0 Å². The number of methoxy groups -OCH3 is 2. The summed E-state index contributed by atoms with van der Waals surface area (Å²) in [7, 11) is 4.75. The number of likely N-dealkylation sites (N-methyl/N-ethyl adjacent to an activating group) is 1. The lowest BCUT2D eigenvalue weighted by Gasteiger charge is -2.33. The van der Waals surface area contributed by atoms with Crippen LogP contribution in [0.5, 0.6) is 11.5 Å². The topological polar surface area (TPSA) is 88.2 Å². The van der Waals surface area contributed by atoms with Crippen LogP contribution in [-0.2, 0) is 28.1 Å². The number of amides is 4.